The zero-order valence-corrected chi connectivity index (χ0v) is 13.2. The van der Waals surface area contributed by atoms with E-state index in [1.807, 2.05) is 12.1 Å². The molecule has 1 heterocycles. The van der Waals surface area contributed by atoms with Crippen LogP contribution in [-0.4, -0.2) is 36.8 Å². The second-order valence-electron chi connectivity index (χ2n) is 5.96. The van der Waals surface area contributed by atoms with E-state index in [4.69, 9.17) is 9.84 Å². The van der Waals surface area contributed by atoms with Gasteiger partial charge in [0.25, 0.3) is 0 Å². The highest BCUT2D eigenvalue weighted by Crippen LogP contribution is 2.27. The molecule has 1 fully saturated rings. The minimum Gasteiger partial charge on any atom is -0.496 e. The van der Waals surface area contributed by atoms with Crippen LogP contribution in [0.2, 0.25) is 0 Å². The Morgan fingerprint density at radius 2 is 2.14 bits per heavy atom. The van der Waals surface area contributed by atoms with E-state index in [2.05, 4.69) is 36.7 Å². The molecule has 2 unspecified atom stereocenters. The maximum atomic E-state index is 8.81. The van der Waals surface area contributed by atoms with Crippen molar-refractivity contribution in [1.29, 1.82) is 0 Å². The lowest BCUT2D eigenvalue weighted by Gasteiger charge is -2.35. The van der Waals surface area contributed by atoms with Crippen LogP contribution < -0.4 is 4.74 Å². The van der Waals surface area contributed by atoms with Crippen LogP contribution in [-0.2, 0) is 6.54 Å². The lowest BCUT2D eigenvalue weighted by Crippen LogP contribution is -2.37. The fourth-order valence-corrected chi connectivity index (χ4v) is 2.86. The van der Waals surface area contributed by atoms with Gasteiger partial charge in [0.1, 0.15) is 12.4 Å². The predicted molar refractivity (Wildman–Crippen MR) is 85.2 cm³/mol. The third-order valence-corrected chi connectivity index (χ3v) is 4.40. The van der Waals surface area contributed by atoms with Crippen molar-refractivity contribution in [3.8, 4) is 17.6 Å². The van der Waals surface area contributed by atoms with E-state index in [-0.39, 0.29) is 6.61 Å². The summed E-state index contributed by atoms with van der Waals surface area (Å²) in [5.41, 5.74) is 2.10. The molecule has 2 atom stereocenters. The van der Waals surface area contributed by atoms with Gasteiger partial charge in [0, 0.05) is 24.2 Å². The highest BCUT2D eigenvalue weighted by Gasteiger charge is 2.23. The van der Waals surface area contributed by atoms with E-state index in [1.54, 1.807) is 7.11 Å². The number of aliphatic hydroxyl groups excluding tert-OH is 1. The molecule has 0 saturated carbocycles. The third kappa shape index (κ3) is 4.23. The molecule has 0 aliphatic carbocycles. The third-order valence-electron chi connectivity index (χ3n) is 4.40. The summed E-state index contributed by atoms with van der Waals surface area (Å²) in [7, 11) is 1.71. The van der Waals surface area contributed by atoms with Crippen LogP contribution in [0, 0.1) is 23.7 Å². The van der Waals surface area contributed by atoms with Crippen molar-refractivity contribution < 1.29 is 9.84 Å². The number of aliphatic hydroxyl groups is 1. The minimum atomic E-state index is -0.108. The molecule has 1 N–H and O–H groups in total. The minimum absolute atomic E-state index is 0.108. The van der Waals surface area contributed by atoms with E-state index < -0.39 is 0 Å². The molecule has 21 heavy (non-hydrogen) atoms. The van der Waals surface area contributed by atoms with Gasteiger partial charge in [-0.1, -0.05) is 25.7 Å². The van der Waals surface area contributed by atoms with Crippen molar-refractivity contribution in [2.24, 2.45) is 11.8 Å². The maximum Gasteiger partial charge on any atom is 0.123 e. The van der Waals surface area contributed by atoms with Gasteiger partial charge in [-0.2, -0.15) is 0 Å². The number of hydrogen-bond donors (Lipinski definition) is 1. The molecule has 1 aromatic carbocycles. The Hall–Kier alpha value is -1.50. The van der Waals surface area contributed by atoms with E-state index in [9.17, 15) is 0 Å². The molecule has 1 aliphatic rings. The average Bonchev–Trinajstić information content (AvgIpc) is 2.49. The van der Waals surface area contributed by atoms with Crippen molar-refractivity contribution in [3.05, 3.63) is 29.3 Å². The topological polar surface area (TPSA) is 32.7 Å². The Balaban J connectivity index is 2.13. The number of rotatable bonds is 3. The molecule has 1 aromatic rings. The number of nitrogens with zero attached hydrogens (tertiary/aromatic N) is 1. The van der Waals surface area contributed by atoms with Crippen LogP contribution in [0.15, 0.2) is 18.2 Å². The van der Waals surface area contributed by atoms with E-state index in [0.717, 1.165) is 42.8 Å². The highest BCUT2D eigenvalue weighted by molar-refractivity contribution is 5.44. The van der Waals surface area contributed by atoms with Crippen LogP contribution >= 0.6 is 0 Å². The van der Waals surface area contributed by atoms with Crippen molar-refractivity contribution in [3.63, 3.8) is 0 Å². The van der Waals surface area contributed by atoms with Gasteiger partial charge in [-0.25, -0.2) is 0 Å². The average molecular weight is 287 g/mol. The molecule has 2 rings (SSSR count). The zero-order valence-electron chi connectivity index (χ0n) is 13.2. The fourth-order valence-electron chi connectivity index (χ4n) is 2.86. The van der Waals surface area contributed by atoms with Gasteiger partial charge in [-0.05, 0) is 43.0 Å². The monoisotopic (exact) mass is 287 g/mol. The van der Waals surface area contributed by atoms with E-state index >= 15 is 0 Å². The SMILES string of the molecule is COc1ccc(C#CCO)cc1CN1CCC(C)C(C)C1. The maximum absolute atomic E-state index is 8.81. The molecule has 0 bridgehead atoms. The number of methoxy groups -OCH3 is 1. The molecule has 1 saturated heterocycles. The van der Waals surface area contributed by atoms with E-state index in [1.165, 1.54) is 12.0 Å². The van der Waals surface area contributed by atoms with Gasteiger partial charge in [-0.15, -0.1) is 0 Å². The summed E-state index contributed by atoms with van der Waals surface area (Å²) in [6.45, 7) is 7.74. The van der Waals surface area contributed by atoms with Gasteiger partial charge >= 0.3 is 0 Å². The van der Waals surface area contributed by atoms with E-state index in [0.29, 0.717) is 0 Å². The highest BCUT2D eigenvalue weighted by atomic mass is 16.5. The Labute approximate surface area is 127 Å². The van der Waals surface area contributed by atoms with Gasteiger partial charge in [0.15, 0.2) is 0 Å². The van der Waals surface area contributed by atoms with Crippen molar-refractivity contribution >= 4 is 0 Å². The van der Waals surface area contributed by atoms with Crippen LogP contribution in [0.5, 0.6) is 5.75 Å². The van der Waals surface area contributed by atoms with Crippen molar-refractivity contribution in [2.75, 3.05) is 26.8 Å². The Bertz CT molecular complexity index is 530. The first kappa shape index (κ1) is 15.9. The quantitative estimate of drug-likeness (QED) is 0.867. The first-order valence-electron chi connectivity index (χ1n) is 7.63. The number of ether oxygens (including phenoxy) is 1. The lowest BCUT2D eigenvalue weighted by molar-refractivity contribution is 0.131. The zero-order chi connectivity index (χ0) is 15.2. The molecule has 0 spiro atoms. The summed E-state index contributed by atoms with van der Waals surface area (Å²) in [5, 5.41) is 8.81. The molecule has 114 valence electrons. The van der Waals surface area contributed by atoms with Gasteiger partial charge < -0.3 is 9.84 Å². The largest absolute Gasteiger partial charge is 0.496 e. The summed E-state index contributed by atoms with van der Waals surface area (Å²) < 4.78 is 5.47. The van der Waals surface area contributed by atoms with Crippen LogP contribution in [0.4, 0.5) is 0 Å². The van der Waals surface area contributed by atoms with Gasteiger partial charge in [0.2, 0.25) is 0 Å². The van der Waals surface area contributed by atoms with Crippen molar-refractivity contribution in [1.82, 2.24) is 4.90 Å². The smallest absolute Gasteiger partial charge is 0.123 e. The lowest BCUT2D eigenvalue weighted by atomic mass is 9.88. The summed E-state index contributed by atoms with van der Waals surface area (Å²) in [6, 6.07) is 5.98. The Morgan fingerprint density at radius 1 is 1.33 bits per heavy atom. The number of benzene rings is 1. The van der Waals surface area contributed by atoms with Crippen LogP contribution in [0.25, 0.3) is 0 Å². The molecule has 3 nitrogen and oxygen atoms in total. The molecule has 1 aliphatic heterocycles. The molecule has 0 amide bonds. The molecular weight excluding hydrogens is 262 g/mol. The van der Waals surface area contributed by atoms with Gasteiger partial charge in [0.05, 0.1) is 7.11 Å². The second kappa shape index (κ2) is 7.49. The first-order valence-corrected chi connectivity index (χ1v) is 7.63. The number of hydrogen-bond acceptors (Lipinski definition) is 3. The second-order valence-corrected chi connectivity index (χ2v) is 5.96. The molecule has 0 radical (unpaired) electrons. The predicted octanol–water partition coefficient (Wildman–Crippen LogP) is 2.52. The number of piperidine rings is 1. The van der Waals surface area contributed by atoms with Crippen LogP contribution in [0.3, 0.4) is 0 Å². The standard InChI is InChI=1S/C18H25NO2/c1-14-8-9-19(12-15(14)2)13-17-11-16(5-4-10-20)6-7-18(17)21-3/h6-7,11,14-15,20H,8-10,12-13H2,1-3H3. The summed E-state index contributed by atoms with van der Waals surface area (Å²) in [4.78, 5) is 2.49. The summed E-state index contributed by atoms with van der Waals surface area (Å²) in [5.74, 6) is 8.12. The Morgan fingerprint density at radius 3 is 2.81 bits per heavy atom. The summed E-state index contributed by atoms with van der Waals surface area (Å²) >= 11 is 0. The first-order chi connectivity index (χ1) is 10.1. The van der Waals surface area contributed by atoms with Gasteiger partial charge in [-0.3, -0.25) is 4.90 Å². The summed E-state index contributed by atoms with van der Waals surface area (Å²) in [6.07, 6.45) is 1.26. The number of likely N-dealkylation sites (tertiary alicyclic amines) is 1. The normalized spacial score (nSPS) is 22.5. The molecule has 3 heteroatoms. The molecule has 0 aromatic heterocycles. The van der Waals surface area contributed by atoms with Crippen molar-refractivity contribution in [2.45, 2.75) is 26.8 Å². The Kier molecular flexibility index (Phi) is 5.67. The fraction of sp³-hybridized carbons (Fsp3) is 0.556. The molecular formula is C18H25NO2. The van der Waals surface area contributed by atoms with Crippen LogP contribution in [0.1, 0.15) is 31.4 Å².